The van der Waals surface area contributed by atoms with Crippen molar-refractivity contribution < 1.29 is 4.74 Å². The number of likely N-dealkylation sites (tertiary alicyclic amines) is 1. The van der Waals surface area contributed by atoms with Crippen LogP contribution in [-0.4, -0.2) is 49.8 Å². The third-order valence-electron chi connectivity index (χ3n) is 4.47. The second-order valence-electron chi connectivity index (χ2n) is 6.06. The standard InChI is InChI=1S/C14H26N2O/c1-2-14(17-9-1)11-16-7-5-12(6-8-16)10-15-13-3-4-13/h12-15H,1-11H2. The number of hydrogen-bond acceptors (Lipinski definition) is 3. The summed E-state index contributed by atoms with van der Waals surface area (Å²) in [7, 11) is 0. The van der Waals surface area contributed by atoms with Gasteiger partial charge in [-0.15, -0.1) is 0 Å². The number of nitrogens with zero attached hydrogens (tertiary/aromatic N) is 1. The molecular weight excluding hydrogens is 212 g/mol. The zero-order chi connectivity index (χ0) is 11.5. The average molecular weight is 238 g/mol. The summed E-state index contributed by atoms with van der Waals surface area (Å²) < 4.78 is 5.72. The minimum Gasteiger partial charge on any atom is -0.377 e. The lowest BCUT2D eigenvalue weighted by Crippen LogP contribution is -2.41. The van der Waals surface area contributed by atoms with E-state index in [2.05, 4.69) is 10.2 Å². The van der Waals surface area contributed by atoms with Gasteiger partial charge in [0.05, 0.1) is 6.10 Å². The van der Waals surface area contributed by atoms with E-state index in [0.717, 1.165) is 18.6 Å². The first-order chi connectivity index (χ1) is 8.40. The Morgan fingerprint density at radius 1 is 1.06 bits per heavy atom. The second kappa shape index (κ2) is 5.68. The Labute approximate surface area is 105 Å². The van der Waals surface area contributed by atoms with Gasteiger partial charge < -0.3 is 15.0 Å². The van der Waals surface area contributed by atoms with E-state index in [9.17, 15) is 0 Å². The fourth-order valence-corrected chi connectivity index (χ4v) is 3.07. The van der Waals surface area contributed by atoms with Crippen LogP contribution in [0.5, 0.6) is 0 Å². The van der Waals surface area contributed by atoms with Gasteiger partial charge in [0.15, 0.2) is 0 Å². The van der Waals surface area contributed by atoms with Crippen LogP contribution in [0.4, 0.5) is 0 Å². The Bertz CT molecular complexity index is 228. The van der Waals surface area contributed by atoms with E-state index in [1.165, 1.54) is 64.7 Å². The number of ether oxygens (including phenoxy) is 1. The van der Waals surface area contributed by atoms with E-state index in [-0.39, 0.29) is 0 Å². The van der Waals surface area contributed by atoms with Crippen molar-refractivity contribution in [1.29, 1.82) is 0 Å². The largest absolute Gasteiger partial charge is 0.377 e. The molecule has 1 aliphatic carbocycles. The van der Waals surface area contributed by atoms with Crippen LogP contribution in [0.2, 0.25) is 0 Å². The molecule has 0 aromatic rings. The topological polar surface area (TPSA) is 24.5 Å². The first-order valence-corrected chi connectivity index (χ1v) is 7.47. The molecule has 3 fully saturated rings. The molecule has 3 heteroatoms. The van der Waals surface area contributed by atoms with Crippen molar-refractivity contribution in [1.82, 2.24) is 10.2 Å². The summed E-state index contributed by atoms with van der Waals surface area (Å²) in [5.41, 5.74) is 0. The van der Waals surface area contributed by atoms with Crippen LogP contribution < -0.4 is 5.32 Å². The summed E-state index contributed by atoms with van der Waals surface area (Å²) in [6, 6.07) is 0.875. The Kier molecular flexibility index (Phi) is 3.99. The van der Waals surface area contributed by atoms with Crippen LogP contribution in [0, 0.1) is 5.92 Å². The normalized spacial score (nSPS) is 32.1. The van der Waals surface area contributed by atoms with E-state index in [0.29, 0.717) is 6.10 Å². The van der Waals surface area contributed by atoms with Crippen molar-refractivity contribution in [2.24, 2.45) is 5.92 Å². The first-order valence-electron chi connectivity index (χ1n) is 7.47. The molecule has 3 aliphatic rings. The molecule has 2 saturated heterocycles. The van der Waals surface area contributed by atoms with Crippen molar-refractivity contribution in [3.8, 4) is 0 Å². The highest BCUT2D eigenvalue weighted by Gasteiger charge is 2.26. The maximum atomic E-state index is 5.72. The Balaban J connectivity index is 1.31. The van der Waals surface area contributed by atoms with Crippen LogP contribution in [0.3, 0.4) is 0 Å². The van der Waals surface area contributed by atoms with Gasteiger partial charge in [-0.05, 0) is 64.1 Å². The molecule has 0 spiro atoms. The van der Waals surface area contributed by atoms with Gasteiger partial charge in [0.2, 0.25) is 0 Å². The highest BCUT2D eigenvalue weighted by molar-refractivity contribution is 4.83. The maximum Gasteiger partial charge on any atom is 0.0702 e. The minimum absolute atomic E-state index is 0.538. The molecule has 0 amide bonds. The Hall–Kier alpha value is -0.120. The summed E-state index contributed by atoms with van der Waals surface area (Å²) in [6.45, 7) is 6.02. The highest BCUT2D eigenvalue weighted by Crippen LogP contribution is 2.22. The van der Waals surface area contributed by atoms with Crippen LogP contribution in [0.1, 0.15) is 38.5 Å². The van der Waals surface area contributed by atoms with E-state index < -0.39 is 0 Å². The summed E-state index contributed by atoms with van der Waals surface area (Å²) >= 11 is 0. The molecule has 0 aromatic heterocycles. The number of nitrogens with one attached hydrogen (secondary N) is 1. The SMILES string of the molecule is C1COC(CN2CCC(CNC3CC3)CC2)C1. The maximum absolute atomic E-state index is 5.72. The molecule has 0 radical (unpaired) electrons. The fraction of sp³-hybridized carbons (Fsp3) is 1.00. The first kappa shape index (κ1) is 11.9. The number of hydrogen-bond donors (Lipinski definition) is 1. The molecule has 1 saturated carbocycles. The predicted octanol–water partition coefficient (Wildman–Crippen LogP) is 1.63. The monoisotopic (exact) mass is 238 g/mol. The molecule has 1 N–H and O–H groups in total. The van der Waals surface area contributed by atoms with Gasteiger partial charge in [0.25, 0.3) is 0 Å². The van der Waals surface area contributed by atoms with Crippen molar-refractivity contribution >= 4 is 0 Å². The van der Waals surface area contributed by atoms with Gasteiger partial charge in [-0.3, -0.25) is 0 Å². The molecule has 0 aromatic carbocycles. The Morgan fingerprint density at radius 3 is 2.53 bits per heavy atom. The third kappa shape index (κ3) is 3.67. The van der Waals surface area contributed by atoms with Gasteiger partial charge in [-0.25, -0.2) is 0 Å². The molecule has 98 valence electrons. The molecule has 17 heavy (non-hydrogen) atoms. The van der Waals surface area contributed by atoms with E-state index in [1.807, 2.05) is 0 Å². The number of rotatable bonds is 5. The number of piperidine rings is 1. The molecule has 2 heterocycles. The van der Waals surface area contributed by atoms with Crippen molar-refractivity contribution in [2.45, 2.75) is 50.7 Å². The lowest BCUT2D eigenvalue weighted by Gasteiger charge is -2.33. The lowest BCUT2D eigenvalue weighted by atomic mass is 9.96. The third-order valence-corrected chi connectivity index (χ3v) is 4.47. The average Bonchev–Trinajstić information content (AvgIpc) is 3.05. The summed E-state index contributed by atoms with van der Waals surface area (Å²) in [4.78, 5) is 2.61. The van der Waals surface area contributed by atoms with E-state index in [4.69, 9.17) is 4.74 Å². The zero-order valence-corrected chi connectivity index (χ0v) is 10.9. The van der Waals surface area contributed by atoms with Gasteiger partial charge in [0, 0.05) is 19.2 Å². The summed E-state index contributed by atoms with van der Waals surface area (Å²) in [6.07, 6.45) is 8.68. The van der Waals surface area contributed by atoms with Crippen LogP contribution in [0.25, 0.3) is 0 Å². The molecule has 3 nitrogen and oxygen atoms in total. The summed E-state index contributed by atoms with van der Waals surface area (Å²) in [5.74, 6) is 0.927. The van der Waals surface area contributed by atoms with Crippen LogP contribution in [0.15, 0.2) is 0 Å². The fourth-order valence-electron chi connectivity index (χ4n) is 3.07. The lowest BCUT2D eigenvalue weighted by molar-refractivity contribution is 0.0598. The van der Waals surface area contributed by atoms with Crippen molar-refractivity contribution in [3.63, 3.8) is 0 Å². The van der Waals surface area contributed by atoms with Gasteiger partial charge in [-0.2, -0.15) is 0 Å². The molecular formula is C14H26N2O. The smallest absolute Gasteiger partial charge is 0.0702 e. The molecule has 2 aliphatic heterocycles. The summed E-state index contributed by atoms with van der Waals surface area (Å²) in [5, 5.41) is 3.67. The van der Waals surface area contributed by atoms with Crippen molar-refractivity contribution in [2.75, 3.05) is 32.8 Å². The van der Waals surface area contributed by atoms with E-state index >= 15 is 0 Å². The molecule has 1 atom stereocenters. The van der Waals surface area contributed by atoms with Crippen molar-refractivity contribution in [3.05, 3.63) is 0 Å². The second-order valence-corrected chi connectivity index (χ2v) is 6.06. The van der Waals surface area contributed by atoms with Crippen LogP contribution >= 0.6 is 0 Å². The van der Waals surface area contributed by atoms with Gasteiger partial charge in [0.1, 0.15) is 0 Å². The molecule has 0 bridgehead atoms. The Morgan fingerprint density at radius 2 is 1.88 bits per heavy atom. The molecule has 3 rings (SSSR count). The van der Waals surface area contributed by atoms with Gasteiger partial charge in [-0.1, -0.05) is 0 Å². The minimum atomic E-state index is 0.538. The molecule has 1 unspecified atom stereocenters. The van der Waals surface area contributed by atoms with Crippen LogP contribution in [-0.2, 0) is 4.74 Å². The van der Waals surface area contributed by atoms with E-state index in [1.54, 1.807) is 0 Å². The quantitative estimate of drug-likeness (QED) is 0.788. The van der Waals surface area contributed by atoms with Gasteiger partial charge >= 0.3 is 0 Å². The highest BCUT2D eigenvalue weighted by atomic mass is 16.5. The zero-order valence-electron chi connectivity index (χ0n) is 10.9. The predicted molar refractivity (Wildman–Crippen MR) is 69.2 cm³/mol.